The maximum absolute atomic E-state index is 12.0. The number of thiazole rings is 1. The average molecular weight is 252 g/mol. The second-order valence-electron chi connectivity index (χ2n) is 3.39. The molecule has 1 aromatic heterocycles. The highest BCUT2D eigenvalue weighted by Crippen LogP contribution is 2.19. The predicted molar refractivity (Wildman–Crippen MR) is 67.8 cm³/mol. The van der Waals surface area contributed by atoms with Crippen LogP contribution in [0.5, 0.6) is 0 Å². The van der Waals surface area contributed by atoms with E-state index >= 15 is 0 Å². The standard InChI is InChI=1S/C11H12N2OS2/c1-8-13-9(6-15-8)7-16(14)11-5-3-2-4-10(11)12/h2-6H,7,12H2,1H3. The van der Waals surface area contributed by atoms with Crippen molar-refractivity contribution in [2.24, 2.45) is 0 Å². The Morgan fingerprint density at radius 3 is 2.81 bits per heavy atom. The minimum atomic E-state index is -1.11. The lowest BCUT2D eigenvalue weighted by Crippen LogP contribution is -2.00. The quantitative estimate of drug-likeness (QED) is 0.853. The third kappa shape index (κ3) is 2.48. The second-order valence-corrected chi connectivity index (χ2v) is 5.87. The molecule has 3 nitrogen and oxygen atoms in total. The van der Waals surface area contributed by atoms with Crippen molar-refractivity contribution in [3.05, 3.63) is 40.3 Å². The molecule has 0 aliphatic heterocycles. The number of aromatic nitrogens is 1. The number of nitrogens with zero attached hydrogens (tertiary/aromatic N) is 1. The third-order valence-corrected chi connectivity index (χ3v) is 4.35. The molecule has 16 heavy (non-hydrogen) atoms. The van der Waals surface area contributed by atoms with Gasteiger partial charge in [0, 0.05) is 11.1 Å². The maximum atomic E-state index is 12.0. The predicted octanol–water partition coefficient (Wildman–Crippen LogP) is 2.34. The first-order chi connectivity index (χ1) is 7.66. The molecule has 0 saturated carbocycles. The van der Waals surface area contributed by atoms with Crippen molar-refractivity contribution >= 4 is 27.8 Å². The molecular formula is C11H12N2OS2. The first kappa shape index (κ1) is 11.3. The molecule has 2 N–H and O–H groups in total. The summed E-state index contributed by atoms with van der Waals surface area (Å²) in [5, 5.41) is 2.93. The molecule has 1 unspecified atom stereocenters. The van der Waals surface area contributed by atoms with Gasteiger partial charge in [0.2, 0.25) is 0 Å². The molecule has 0 aliphatic carbocycles. The summed E-state index contributed by atoms with van der Waals surface area (Å²) in [6.07, 6.45) is 0. The lowest BCUT2D eigenvalue weighted by molar-refractivity contribution is 0.682. The van der Waals surface area contributed by atoms with Crippen LogP contribution >= 0.6 is 11.3 Å². The van der Waals surface area contributed by atoms with Gasteiger partial charge in [-0.3, -0.25) is 4.21 Å². The molecule has 2 rings (SSSR count). The number of nitrogens with two attached hydrogens (primary N) is 1. The van der Waals surface area contributed by atoms with Crippen LogP contribution in [0.1, 0.15) is 10.7 Å². The van der Waals surface area contributed by atoms with Gasteiger partial charge in [0.05, 0.1) is 32.1 Å². The summed E-state index contributed by atoms with van der Waals surface area (Å²) in [4.78, 5) is 4.98. The summed E-state index contributed by atoms with van der Waals surface area (Å²) in [5.74, 6) is 0.429. The van der Waals surface area contributed by atoms with Gasteiger partial charge in [-0.1, -0.05) is 12.1 Å². The van der Waals surface area contributed by atoms with E-state index in [-0.39, 0.29) is 0 Å². The SMILES string of the molecule is Cc1nc(CS(=O)c2ccccc2N)cs1. The van der Waals surface area contributed by atoms with Gasteiger partial charge in [0.15, 0.2) is 0 Å². The number of anilines is 1. The van der Waals surface area contributed by atoms with Gasteiger partial charge in [-0.05, 0) is 19.1 Å². The molecule has 84 valence electrons. The minimum Gasteiger partial charge on any atom is -0.398 e. The van der Waals surface area contributed by atoms with Crippen molar-refractivity contribution in [2.75, 3.05) is 5.73 Å². The highest BCUT2D eigenvalue weighted by atomic mass is 32.2. The molecule has 0 spiro atoms. The molecule has 1 atom stereocenters. The molecule has 0 bridgehead atoms. The summed E-state index contributed by atoms with van der Waals surface area (Å²) in [6, 6.07) is 7.24. The van der Waals surface area contributed by atoms with Crippen LogP contribution in [0.4, 0.5) is 5.69 Å². The molecule has 0 aliphatic rings. The second kappa shape index (κ2) is 4.76. The smallest absolute Gasteiger partial charge is 0.0897 e. The summed E-state index contributed by atoms with van der Waals surface area (Å²) in [6.45, 7) is 1.94. The summed E-state index contributed by atoms with van der Waals surface area (Å²) in [7, 11) is -1.11. The number of benzene rings is 1. The van der Waals surface area contributed by atoms with Gasteiger partial charge in [0.25, 0.3) is 0 Å². The zero-order chi connectivity index (χ0) is 11.5. The van der Waals surface area contributed by atoms with Gasteiger partial charge >= 0.3 is 0 Å². The Morgan fingerprint density at radius 2 is 2.19 bits per heavy atom. The Labute approximate surface area is 101 Å². The Morgan fingerprint density at radius 1 is 1.44 bits per heavy atom. The fourth-order valence-electron chi connectivity index (χ4n) is 1.37. The molecule has 0 saturated heterocycles. The van der Waals surface area contributed by atoms with E-state index in [0.29, 0.717) is 16.3 Å². The summed E-state index contributed by atoms with van der Waals surface area (Å²) >= 11 is 1.57. The number of rotatable bonds is 3. The van der Waals surface area contributed by atoms with E-state index in [2.05, 4.69) is 4.98 Å². The Bertz CT molecular complexity index is 522. The maximum Gasteiger partial charge on any atom is 0.0897 e. The number of hydrogen-bond donors (Lipinski definition) is 1. The largest absolute Gasteiger partial charge is 0.398 e. The normalized spacial score (nSPS) is 12.6. The highest BCUT2D eigenvalue weighted by molar-refractivity contribution is 7.84. The van der Waals surface area contributed by atoms with E-state index in [1.807, 2.05) is 24.4 Å². The monoisotopic (exact) mass is 252 g/mol. The van der Waals surface area contributed by atoms with Crippen LogP contribution in [-0.4, -0.2) is 9.19 Å². The Hall–Kier alpha value is -1.20. The molecule has 2 aromatic rings. The molecule has 0 fully saturated rings. The minimum absolute atomic E-state index is 0.429. The van der Waals surface area contributed by atoms with Gasteiger partial charge in [-0.2, -0.15) is 0 Å². The van der Waals surface area contributed by atoms with Crippen molar-refractivity contribution in [3.63, 3.8) is 0 Å². The number of aryl methyl sites for hydroxylation is 1. The van der Waals surface area contributed by atoms with E-state index in [1.165, 1.54) is 0 Å². The number of nitrogen functional groups attached to an aromatic ring is 1. The zero-order valence-electron chi connectivity index (χ0n) is 8.84. The van der Waals surface area contributed by atoms with E-state index in [1.54, 1.807) is 23.5 Å². The van der Waals surface area contributed by atoms with Crippen LogP contribution < -0.4 is 5.73 Å². The average Bonchev–Trinajstić information content (AvgIpc) is 2.64. The lowest BCUT2D eigenvalue weighted by atomic mass is 10.3. The topological polar surface area (TPSA) is 56.0 Å². The fraction of sp³-hybridized carbons (Fsp3) is 0.182. The molecule has 5 heteroatoms. The van der Waals surface area contributed by atoms with Crippen LogP contribution in [-0.2, 0) is 16.6 Å². The van der Waals surface area contributed by atoms with Crippen molar-refractivity contribution in [1.82, 2.24) is 4.98 Å². The number of para-hydroxylation sites is 1. The summed E-state index contributed by atoms with van der Waals surface area (Å²) in [5.41, 5.74) is 7.21. The molecular weight excluding hydrogens is 240 g/mol. The van der Waals surface area contributed by atoms with Gasteiger partial charge < -0.3 is 5.73 Å². The van der Waals surface area contributed by atoms with Crippen LogP contribution in [0.25, 0.3) is 0 Å². The first-order valence-electron chi connectivity index (χ1n) is 4.80. The Balaban J connectivity index is 2.18. The van der Waals surface area contributed by atoms with Crippen molar-refractivity contribution < 1.29 is 4.21 Å². The molecule has 1 heterocycles. The van der Waals surface area contributed by atoms with Crippen molar-refractivity contribution in [3.8, 4) is 0 Å². The lowest BCUT2D eigenvalue weighted by Gasteiger charge is -2.03. The zero-order valence-corrected chi connectivity index (χ0v) is 10.5. The van der Waals surface area contributed by atoms with E-state index in [4.69, 9.17) is 5.73 Å². The third-order valence-electron chi connectivity index (χ3n) is 2.11. The molecule has 1 aromatic carbocycles. The van der Waals surface area contributed by atoms with Gasteiger partial charge in [-0.25, -0.2) is 4.98 Å². The Kier molecular flexibility index (Phi) is 3.36. The van der Waals surface area contributed by atoms with E-state index < -0.39 is 10.8 Å². The molecule has 0 amide bonds. The fourth-order valence-corrected chi connectivity index (χ4v) is 3.23. The van der Waals surface area contributed by atoms with Crippen LogP contribution in [0.2, 0.25) is 0 Å². The van der Waals surface area contributed by atoms with E-state index in [9.17, 15) is 4.21 Å². The van der Waals surface area contributed by atoms with E-state index in [0.717, 1.165) is 10.7 Å². The van der Waals surface area contributed by atoms with Crippen molar-refractivity contribution in [2.45, 2.75) is 17.6 Å². The number of hydrogen-bond acceptors (Lipinski definition) is 4. The van der Waals surface area contributed by atoms with Crippen molar-refractivity contribution in [1.29, 1.82) is 0 Å². The first-order valence-corrected chi connectivity index (χ1v) is 7.00. The van der Waals surface area contributed by atoms with Crippen LogP contribution in [0.15, 0.2) is 34.5 Å². The molecule has 0 radical (unpaired) electrons. The van der Waals surface area contributed by atoms with Gasteiger partial charge in [-0.15, -0.1) is 11.3 Å². The van der Waals surface area contributed by atoms with Crippen LogP contribution in [0.3, 0.4) is 0 Å². The highest BCUT2D eigenvalue weighted by Gasteiger charge is 2.09. The van der Waals surface area contributed by atoms with Crippen LogP contribution in [0, 0.1) is 6.92 Å². The summed E-state index contributed by atoms with van der Waals surface area (Å²) < 4.78 is 12.0. The van der Waals surface area contributed by atoms with Gasteiger partial charge in [0.1, 0.15) is 0 Å².